The zero-order valence-electron chi connectivity index (χ0n) is 6.15. The minimum atomic E-state index is -1.06. The van der Waals surface area contributed by atoms with Gasteiger partial charge in [-0.05, 0) is 0 Å². The molecule has 0 spiro atoms. The zero-order valence-corrected chi connectivity index (χ0v) is 8.03. The summed E-state index contributed by atoms with van der Waals surface area (Å²) in [5, 5.41) is 19.4. The summed E-state index contributed by atoms with van der Waals surface area (Å²) in [6.45, 7) is 1.68. The molecule has 2 N–H and O–H groups in total. The van der Waals surface area contributed by atoms with Crippen LogP contribution in [0.5, 0.6) is 0 Å². The van der Waals surface area contributed by atoms with Gasteiger partial charge in [-0.2, -0.15) is 0 Å². The summed E-state index contributed by atoms with van der Waals surface area (Å²) in [6, 6.07) is -0.897. The summed E-state index contributed by atoms with van der Waals surface area (Å²) < 4.78 is 0. The van der Waals surface area contributed by atoms with E-state index in [1.54, 1.807) is 13.0 Å². The van der Waals surface area contributed by atoms with Gasteiger partial charge >= 0.3 is 72.7 Å². The number of hydrogen-bond donors (Lipinski definition) is 2. The van der Waals surface area contributed by atoms with E-state index in [-0.39, 0.29) is 10.4 Å². The Balaban J connectivity index is 4.13. The molecule has 0 saturated carbocycles. The van der Waals surface area contributed by atoms with Crippen molar-refractivity contribution in [3.8, 4) is 0 Å². The van der Waals surface area contributed by atoms with Crippen molar-refractivity contribution in [1.82, 2.24) is 0 Å². The normalized spacial score (nSPS) is 16.6. The fourth-order valence-electron chi connectivity index (χ4n) is 0.570. The molecule has 0 heterocycles. The fourth-order valence-corrected chi connectivity index (χ4v) is 1.28. The Morgan fingerprint density at radius 3 is 2.73 bits per heavy atom. The Morgan fingerprint density at radius 1 is 1.91 bits per heavy atom. The van der Waals surface area contributed by atoms with Crippen LogP contribution in [-0.2, 0) is 4.79 Å². The molecule has 0 radical (unpaired) electrons. The average Bonchev–Trinajstić information content (AvgIpc) is 1.88. The number of hydroxylamine groups is 2. The Morgan fingerprint density at radius 2 is 2.45 bits per heavy atom. The molecule has 0 bridgehead atoms. The number of carboxylic acids is 1. The van der Waals surface area contributed by atoms with E-state index >= 15 is 0 Å². The van der Waals surface area contributed by atoms with Crippen molar-refractivity contribution in [1.29, 1.82) is 0 Å². The zero-order chi connectivity index (χ0) is 8.85. The number of rotatable bonds is 4. The summed E-state index contributed by atoms with van der Waals surface area (Å²) in [5.41, 5.74) is 0. The van der Waals surface area contributed by atoms with Crippen LogP contribution >= 0.6 is 0 Å². The summed E-state index contributed by atoms with van der Waals surface area (Å²) in [4.78, 5) is 10.4. The first-order chi connectivity index (χ1) is 5.13. The number of allylic oxidation sites excluding steroid dienone is 1. The maximum absolute atomic E-state index is 10.9. The van der Waals surface area contributed by atoms with Gasteiger partial charge < -0.3 is 0 Å². The van der Waals surface area contributed by atoms with Crippen molar-refractivity contribution in [2.45, 2.75) is 18.3 Å². The van der Waals surface area contributed by atoms with E-state index in [1.807, 2.05) is 0 Å². The van der Waals surface area contributed by atoms with Gasteiger partial charge in [0.05, 0.1) is 0 Å². The molecule has 0 aromatic rings. The van der Waals surface area contributed by atoms with Crippen LogP contribution in [0.25, 0.3) is 0 Å². The number of quaternary nitrogens is 1. The second kappa shape index (κ2) is 5.32. The van der Waals surface area contributed by atoms with Gasteiger partial charge in [-0.3, -0.25) is 0 Å². The third-order valence-electron chi connectivity index (χ3n) is 1.16. The first-order valence-electron chi connectivity index (χ1n) is 3.13. The summed E-state index contributed by atoms with van der Waals surface area (Å²) in [7, 11) is 0. The molecule has 0 amide bonds. The van der Waals surface area contributed by atoms with Gasteiger partial charge in [0.1, 0.15) is 0 Å². The number of carboxylic acid groups (broad SMARTS) is 1. The van der Waals surface area contributed by atoms with Crippen molar-refractivity contribution in [2.24, 2.45) is 0 Å². The van der Waals surface area contributed by atoms with E-state index in [1.165, 1.54) is 6.20 Å². The monoisotopic (exact) mass is 225 g/mol. The molecule has 0 aliphatic heterocycles. The number of nitrogens with one attached hydrogen (secondary N) is 1. The van der Waals surface area contributed by atoms with Gasteiger partial charge in [-0.15, -0.1) is 0 Å². The molecule has 1 unspecified atom stereocenters. The molecule has 0 aromatic carbocycles. The van der Waals surface area contributed by atoms with Gasteiger partial charge in [0.15, 0.2) is 0 Å². The standard InChI is InChI=1S/C6H11NO3Se/c1-2-3-7(10)5(4-11)6(8)9/h2-3,5,7,11H,4H2,1H3,(H,8,9)/t5-/m0/s1. The molecule has 0 aliphatic carbocycles. The number of hydrogen-bond acceptors (Lipinski definition) is 2. The van der Waals surface area contributed by atoms with Crippen LogP contribution in [0.4, 0.5) is 0 Å². The van der Waals surface area contributed by atoms with Crippen LogP contribution in [0.1, 0.15) is 6.92 Å². The van der Waals surface area contributed by atoms with Crippen LogP contribution in [0, 0.1) is 5.21 Å². The topological polar surface area (TPSA) is 64.8 Å². The summed E-state index contributed by atoms with van der Waals surface area (Å²) in [6.07, 6.45) is 2.83. The Kier molecular flexibility index (Phi) is 5.15. The Hall–Kier alpha value is -0.351. The van der Waals surface area contributed by atoms with Gasteiger partial charge in [0.2, 0.25) is 0 Å². The van der Waals surface area contributed by atoms with E-state index < -0.39 is 12.0 Å². The first kappa shape index (κ1) is 10.6. The SMILES string of the molecule is CC=C[NH+]([O-])[C@@H](C[SeH])C(=O)O. The molecule has 0 saturated heterocycles. The van der Waals surface area contributed by atoms with Gasteiger partial charge in [0, 0.05) is 0 Å². The third-order valence-corrected chi connectivity index (χ3v) is 1.92. The molecular formula is C6H11NO3Se. The Labute approximate surface area is 73.3 Å². The van der Waals surface area contributed by atoms with Crippen molar-refractivity contribution in [3.05, 3.63) is 17.5 Å². The van der Waals surface area contributed by atoms with Crippen LogP contribution in [0.2, 0.25) is 5.32 Å². The molecule has 64 valence electrons. The van der Waals surface area contributed by atoms with E-state index in [0.29, 0.717) is 0 Å². The molecule has 0 fully saturated rings. The fraction of sp³-hybridized carbons (Fsp3) is 0.500. The van der Waals surface area contributed by atoms with E-state index in [2.05, 4.69) is 16.0 Å². The molecule has 11 heavy (non-hydrogen) atoms. The number of carbonyl (C=O) groups is 1. The molecule has 4 nitrogen and oxygen atoms in total. The quantitative estimate of drug-likeness (QED) is 0.459. The Bertz CT molecular complexity index is 160. The van der Waals surface area contributed by atoms with Crippen LogP contribution in [0.3, 0.4) is 0 Å². The third kappa shape index (κ3) is 3.53. The second-order valence-corrected chi connectivity index (χ2v) is 2.74. The molecule has 0 rings (SSSR count). The molecule has 2 atom stereocenters. The molecular weight excluding hydrogens is 213 g/mol. The van der Waals surface area contributed by atoms with Crippen LogP contribution in [-0.4, -0.2) is 33.1 Å². The average molecular weight is 224 g/mol. The molecule has 5 heteroatoms. The van der Waals surface area contributed by atoms with Gasteiger partial charge in [-0.1, -0.05) is 0 Å². The first-order valence-corrected chi connectivity index (χ1v) is 4.46. The van der Waals surface area contributed by atoms with Gasteiger partial charge in [0.25, 0.3) is 0 Å². The summed E-state index contributed by atoms with van der Waals surface area (Å²) >= 11 is 2.10. The predicted octanol–water partition coefficient (Wildman–Crippen LogP) is -1.32. The second-order valence-electron chi connectivity index (χ2n) is 1.98. The van der Waals surface area contributed by atoms with E-state index in [4.69, 9.17) is 5.11 Å². The van der Waals surface area contributed by atoms with Crippen molar-refractivity contribution >= 4 is 22.0 Å². The summed E-state index contributed by atoms with van der Waals surface area (Å²) in [5.74, 6) is -1.06. The number of aliphatic carboxylic acids is 1. The van der Waals surface area contributed by atoms with Gasteiger partial charge in [-0.25, -0.2) is 0 Å². The predicted molar refractivity (Wildman–Crippen MR) is 42.5 cm³/mol. The van der Waals surface area contributed by atoms with Crippen LogP contribution < -0.4 is 5.06 Å². The van der Waals surface area contributed by atoms with Crippen molar-refractivity contribution in [2.75, 3.05) is 0 Å². The maximum atomic E-state index is 10.9. The van der Waals surface area contributed by atoms with E-state index in [0.717, 1.165) is 0 Å². The van der Waals surface area contributed by atoms with Crippen molar-refractivity contribution < 1.29 is 15.0 Å². The molecule has 0 aromatic heterocycles. The molecule has 0 aliphatic rings. The minimum absolute atomic E-state index is 0.283. The van der Waals surface area contributed by atoms with Crippen LogP contribution in [0.15, 0.2) is 12.3 Å². The van der Waals surface area contributed by atoms with E-state index in [9.17, 15) is 10.0 Å². The van der Waals surface area contributed by atoms with Crippen molar-refractivity contribution in [3.63, 3.8) is 0 Å².